The van der Waals surface area contributed by atoms with Gasteiger partial charge in [-0.3, -0.25) is 4.68 Å². The van der Waals surface area contributed by atoms with Crippen molar-refractivity contribution < 1.29 is 4.74 Å². The van der Waals surface area contributed by atoms with E-state index in [0.29, 0.717) is 6.54 Å². The van der Waals surface area contributed by atoms with E-state index in [4.69, 9.17) is 10.5 Å². The van der Waals surface area contributed by atoms with E-state index in [1.807, 2.05) is 24.0 Å². The van der Waals surface area contributed by atoms with E-state index in [1.54, 1.807) is 0 Å². The van der Waals surface area contributed by atoms with E-state index in [2.05, 4.69) is 18.9 Å². The molecular weight excluding hydrogens is 250 g/mol. The summed E-state index contributed by atoms with van der Waals surface area (Å²) in [4.78, 5) is 0. The van der Waals surface area contributed by atoms with Crippen molar-refractivity contribution in [1.29, 1.82) is 0 Å². The largest absolute Gasteiger partial charge is 0.373 e. The Hall–Kier alpha value is -0.870. The van der Waals surface area contributed by atoms with Crippen molar-refractivity contribution in [3.05, 3.63) is 18.0 Å². The van der Waals surface area contributed by atoms with Gasteiger partial charge in [0.2, 0.25) is 0 Å². The molecule has 4 nitrogen and oxygen atoms in total. The number of aromatic nitrogens is 2. The summed E-state index contributed by atoms with van der Waals surface area (Å²) in [5, 5.41) is 4.19. The van der Waals surface area contributed by atoms with Crippen LogP contribution in [0.5, 0.6) is 0 Å². The first-order valence-corrected chi connectivity index (χ1v) is 7.87. The second-order valence-electron chi connectivity index (χ2n) is 6.51. The number of nitrogens with two attached hydrogens (primary N) is 1. The lowest BCUT2D eigenvalue weighted by molar-refractivity contribution is -0.0736. The topological polar surface area (TPSA) is 53.1 Å². The van der Waals surface area contributed by atoms with Gasteiger partial charge in [0.15, 0.2) is 0 Å². The molecule has 114 valence electrons. The molecule has 0 radical (unpaired) electrons. The third-order valence-electron chi connectivity index (χ3n) is 4.95. The highest BCUT2D eigenvalue weighted by atomic mass is 16.5. The van der Waals surface area contributed by atoms with Crippen LogP contribution in [-0.2, 0) is 18.2 Å². The van der Waals surface area contributed by atoms with Crippen LogP contribution in [0, 0.1) is 11.8 Å². The number of nitrogens with zero attached hydrogens (tertiary/aromatic N) is 2. The van der Waals surface area contributed by atoms with E-state index in [1.165, 1.54) is 18.5 Å². The normalized spacial score (nSPS) is 27.1. The maximum atomic E-state index is 6.21. The average molecular weight is 279 g/mol. The molecule has 0 saturated heterocycles. The van der Waals surface area contributed by atoms with Crippen molar-refractivity contribution in [3.8, 4) is 0 Å². The minimum atomic E-state index is -0.0794. The molecule has 1 aliphatic carbocycles. The molecule has 0 bridgehead atoms. The molecule has 1 heterocycles. The van der Waals surface area contributed by atoms with Crippen LogP contribution in [0.2, 0.25) is 0 Å². The van der Waals surface area contributed by atoms with Crippen molar-refractivity contribution in [3.63, 3.8) is 0 Å². The first kappa shape index (κ1) is 15.5. The molecule has 0 aliphatic heterocycles. The zero-order valence-corrected chi connectivity index (χ0v) is 13.1. The van der Waals surface area contributed by atoms with Gasteiger partial charge in [-0.15, -0.1) is 0 Å². The highest BCUT2D eigenvalue weighted by molar-refractivity contribution is 5.00. The molecule has 1 fully saturated rings. The molecule has 4 heteroatoms. The number of rotatable bonds is 6. The third kappa shape index (κ3) is 3.61. The number of aryl methyl sites for hydroxylation is 1. The number of ether oxygens (including phenoxy) is 1. The lowest BCUT2D eigenvalue weighted by atomic mass is 9.74. The van der Waals surface area contributed by atoms with Gasteiger partial charge in [-0.05, 0) is 43.6 Å². The van der Waals surface area contributed by atoms with Crippen LogP contribution in [0.1, 0.15) is 45.2 Å². The van der Waals surface area contributed by atoms with E-state index in [9.17, 15) is 0 Å². The van der Waals surface area contributed by atoms with Crippen LogP contribution < -0.4 is 5.73 Å². The summed E-state index contributed by atoms with van der Waals surface area (Å²) in [5.41, 5.74) is 7.14. The van der Waals surface area contributed by atoms with Crippen molar-refractivity contribution >= 4 is 0 Å². The Morgan fingerprint density at radius 2 is 2.15 bits per heavy atom. The Kier molecular flexibility index (Phi) is 5.22. The molecule has 20 heavy (non-hydrogen) atoms. The standard InChI is InChI=1S/C16H29N3O/c1-13(2)14-4-8-16(12-17,9-5-14)20-11-7-15-6-10-18-19(15)3/h6,10,13-14H,4-5,7-9,11-12,17H2,1-3H3. The summed E-state index contributed by atoms with van der Waals surface area (Å²) in [6.07, 6.45) is 7.46. The predicted octanol–water partition coefficient (Wildman–Crippen LogP) is 2.52. The average Bonchev–Trinajstić information content (AvgIpc) is 2.85. The monoisotopic (exact) mass is 279 g/mol. The van der Waals surface area contributed by atoms with E-state index < -0.39 is 0 Å². The Bertz CT molecular complexity index is 406. The molecule has 1 aromatic rings. The van der Waals surface area contributed by atoms with E-state index >= 15 is 0 Å². The maximum absolute atomic E-state index is 6.21. The molecule has 2 N–H and O–H groups in total. The van der Waals surface area contributed by atoms with Gasteiger partial charge in [-0.1, -0.05) is 13.8 Å². The number of hydrogen-bond acceptors (Lipinski definition) is 3. The molecule has 1 aromatic heterocycles. The summed E-state index contributed by atoms with van der Waals surface area (Å²) >= 11 is 0. The second kappa shape index (κ2) is 6.72. The van der Waals surface area contributed by atoms with Gasteiger partial charge in [0.1, 0.15) is 0 Å². The van der Waals surface area contributed by atoms with Crippen LogP contribution in [0.25, 0.3) is 0 Å². The molecule has 1 aliphatic rings. The van der Waals surface area contributed by atoms with Crippen molar-refractivity contribution in [2.24, 2.45) is 24.6 Å². The smallest absolute Gasteiger partial charge is 0.0804 e. The molecule has 0 aromatic carbocycles. The molecule has 0 amide bonds. The molecular formula is C16H29N3O. The summed E-state index contributed by atoms with van der Waals surface area (Å²) in [5.74, 6) is 1.62. The molecule has 0 atom stereocenters. The third-order valence-corrected chi connectivity index (χ3v) is 4.95. The summed E-state index contributed by atoms with van der Waals surface area (Å²) in [7, 11) is 1.97. The van der Waals surface area contributed by atoms with Crippen LogP contribution in [-0.4, -0.2) is 28.5 Å². The van der Waals surface area contributed by atoms with Crippen molar-refractivity contribution in [1.82, 2.24) is 9.78 Å². The highest BCUT2D eigenvalue weighted by Gasteiger charge is 2.35. The van der Waals surface area contributed by atoms with Gasteiger partial charge in [-0.2, -0.15) is 5.10 Å². The Labute approximate surface area is 122 Å². The zero-order chi connectivity index (χ0) is 14.6. The van der Waals surface area contributed by atoms with Crippen molar-refractivity contribution in [2.75, 3.05) is 13.2 Å². The van der Waals surface area contributed by atoms with Crippen LogP contribution >= 0.6 is 0 Å². The van der Waals surface area contributed by atoms with Crippen molar-refractivity contribution in [2.45, 2.75) is 51.6 Å². The van der Waals surface area contributed by atoms with Gasteiger partial charge >= 0.3 is 0 Å². The summed E-state index contributed by atoms with van der Waals surface area (Å²) < 4.78 is 8.12. The van der Waals surface area contributed by atoms with Gasteiger partial charge < -0.3 is 10.5 Å². The minimum Gasteiger partial charge on any atom is -0.373 e. The zero-order valence-electron chi connectivity index (χ0n) is 13.1. The second-order valence-corrected chi connectivity index (χ2v) is 6.51. The lowest BCUT2D eigenvalue weighted by Crippen LogP contribution is -2.45. The molecule has 0 spiro atoms. The highest BCUT2D eigenvalue weighted by Crippen LogP contribution is 2.37. The minimum absolute atomic E-state index is 0.0794. The Balaban J connectivity index is 1.82. The van der Waals surface area contributed by atoms with Crippen LogP contribution in [0.4, 0.5) is 0 Å². The summed E-state index contributed by atoms with van der Waals surface area (Å²) in [6, 6.07) is 2.05. The van der Waals surface area contributed by atoms with Crippen LogP contribution in [0.15, 0.2) is 12.3 Å². The Morgan fingerprint density at radius 3 is 2.65 bits per heavy atom. The quantitative estimate of drug-likeness (QED) is 0.870. The first-order valence-electron chi connectivity index (χ1n) is 7.87. The van der Waals surface area contributed by atoms with Gasteiger partial charge in [0, 0.05) is 31.9 Å². The number of hydrogen-bond donors (Lipinski definition) is 1. The Morgan fingerprint density at radius 1 is 1.45 bits per heavy atom. The molecule has 1 saturated carbocycles. The predicted molar refractivity (Wildman–Crippen MR) is 81.4 cm³/mol. The van der Waals surface area contributed by atoms with Gasteiger partial charge in [0.05, 0.1) is 12.2 Å². The fourth-order valence-corrected chi connectivity index (χ4v) is 3.26. The van der Waals surface area contributed by atoms with Crippen LogP contribution in [0.3, 0.4) is 0 Å². The van der Waals surface area contributed by atoms with Gasteiger partial charge in [-0.25, -0.2) is 0 Å². The molecule has 0 unspecified atom stereocenters. The SMILES string of the molecule is CC(C)C1CCC(CN)(OCCc2ccnn2C)CC1. The summed E-state index contributed by atoms with van der Waals surface area (Å²) in [6.45, 7) is 6.03. The van der Waals surface area contributed by atoms with E-state index in [0.717, 1.165) is 37.7 Å². The fourth-order valence-electron chi connectivity index (χ4n) is 3.26. The lowest BCUT2D eigenvalue weighted by Gasteiger charge is -2.40. The first-order chi connectivity index (χ1) is 9.56. The van der Waals surface area contributed by atoms with E-state index in [-0.39, 0.29) is 5.60 Å². The van der Waals surface area contributed by atoms with Gasteiger partial charge in [0.25, 0.3) is 0 Å². The molecule has 2 rings (SSSR count). The maximum Gasteiger partial charge on any atom is 0.0804 e. The fraction of sp³-hybridized carbons (Fsp3) is 0.812.